The number of aryl methyl sites for hydroxylation is 1. The van der Waals surface area contributed by atoms with Gasteiger partial charge in [-0.05, 0) is 20.8 Å². The first-order valence-electron chi connectivity index (χ1n) is 5.66. The smallest absolute Gasteiger partial charge is 0.134 e. The quantitative estimate of drug-likeness (QED) is 0.756. The van der Waals surface area contributed by atoms with E-state index in [9.17, 15) is 0 Å². The molecule has 1 heterocycles. The van der Waals surface area contributed by atoms with Crippen molar-refractivity contribution in [1.82, 2.24) is 9.97 Å². The average Bonchev–Trinajstić information content (AvgIpc) is 2.27. The standard InChI is InChI=1S/C11H20N4O/c1-4-15(5-2)11-8-10(12-6-7-16)13-9(3)14-11/h8,16H,4-7H2,1-3H3,(H,12,13,14). The highest BCUT2D eigenvalue weighted by atomic mass is 16.3. The van der Waals surface area contributed by atoms with E-state index in [1.807, 2.05) is 13.0 Å². The van der Waals surface area contributed by atoms with Crippen molar-refractivity contribution in [3.8, 4) is 0 Å². The van der Waals surface area contributed by atoms with Crippen LogP contribution in [0, 0.1) is 6.92 Å². The minimum absolute atomic E-state index is 0.101. The molecule has 1 aromatic heterocycles. The van der Waals surface area contributed by atoms with Crippen molar-refractivity contribution in [2.75, 3.05) is 36.5 Å². The van der Waals surface area contributed by atoms with Gasteiger partial charge in [-0.15, -0.1) is 0 Å². The molecule has 1 rings (SSSR count). The first kappa shape index (κ1) is 12.7. The van der Waals surface area contributed by atoms with Gasteiger partial charge in [0, 0.05) is 25.7 Å². The maximum atomic E-state index is 8.75. The minimum Gasteiger partial charge on any atom is -0.395 e. The molecule has 0 fully saturated rings. The van der Waals surface area contributed by atoms with Gasteiger partial charge in [-0.1, -0.05) is 0 Å². The number of hydrogen-bond donors (Lipinski definition) is 2. The summed E-state index contributed by atoms with van der Waals surface area (Å²) in [7, 11) is 0. The van der Waals surface area contributed by atoms with Crippen molar-refractivity contribution >= 4 is 11.6 Å². The molecule has 2 N–H and O–H groups in total. The molecule has 16 heavy (non-hydrogen) atoms. The van der Waals surface area contributed by atoms with Gasteiger partial charge in [-0.3, -0.25) is 0 Å². The van der Waals surface area contributed by atoms with Crippen molar-refractivity contribution in [2.24, 2.45) is 0 Å². The summed E-state index contributed by atoms with van der Waals surface area (Å²) in [6.07, 6.45) is 0. The van der Waals surface area contributed by atoms with E-state index in [-0.39, 0.29) is 6.61 Å². The SMILES string of the molecule is CCN(CC)c1cc(NCCO)nc(C)n1. The zero-order valence-corrected chi connectivity index (χ0v) is 10.2. The van der Waals surface area contributed by atoms with Crippen molar-refractivity contribution in [3.05, 3.63) is 11.9 Å². The van der Waals surface area contributed by atoms with Gasteiger partial charge in [0.15, 0.2) is 0 Å². The molecule has 0 amide bonds. The van der Waals surface area contributed by atoms with Crippen LogP contribution in [0.25, 0.3) is 0 Å². The van der Waals surface area contributed by atoms with E-state index in [1.54, 1.807) is 0 Å². The van der Waals surface area contributed by atoms with Crippen molar-refractivity contribution in [1.29, 1.82) is 0 Å². The third-order valence-corrected chi connectivity index (χ3v) is 2.33. The molecule has 90 valence electrons. The van der Waals surface area contributed by atoms with E-state index in [2.05, 4.69) is 34.0 Å². The van der Waals surface area contributed by atoms with Gasteiger partial charge < -0.3 is 15.3 Å². The third-order valence-electron chi connectivity index (χ3n) is 2.33. The number of anilines is 2. The summed E-state index contributed by atoms with van der Waals surface area (Å²) in [4.78, 5) is 10.8. The maximum Gasteiger partial charge on any atom is 0.134 e. The Morgan fingerprint density at radius 1 is 1.31 bits per heavy atom. The van der Waals surface area contributed by atoms with E-state index in [0.717, 1.165) is 30.5 Å². The van der Waals surface area contributed by atoms with Gasteiger partial charge in [0.2, 0.25) is 0 Å². The highest BCUT2D eigenvalue weighted by Gasteiger charge is 2.06. The Balaban J connectivity index is 2.88. The molecule has 1 aromatic rings. The number of hydrogen-bond acceptors (Lipinski definition) is 5. The molecule has 0 aliphatic carbocycles. The Morgan fingerprint density at radius 3 is 2.56 bits per heavy atom. The predicted molar refractivity (Wildman–Crippen MR) is 65.9 cm³/mol. The van der Waals surface area contributed by atoms with E-state index < -0.39 is 0 Å². The summed E-state index contributed by atoms with van der Waals surface area (Å²) < 4.78 is 0. The first-order valence-corrected chi connectivity index (χ1v) is 5.66. The summed E-state index contributed by atoms with van der Waals surface area (Å²) >= 11 is 0. The molecule has 0 aromatic carbocycles. The predicted octanol–water partition coefficient (Wildman–Crippen LogP) is 1.04. The fourth-order valence-corrected chi connectivity index (χ4v) is 1.54. The Morgan fingerprint density at radius 2 is 2.00 bits per heavy atom. The van der Waals surface area contributed by atoms with Gasteiger partial charge in [0.1, 0.15) is 17.5 Å². The van der Waals surface area contributed by atoms with Crippen LogP contribution >= 0.6 is 0 Å². The van der Waals surface area contributed by atoms with E-state index >= 15 is 0 Å². The highest BCUT2D eigenvalue weighted by molar-refractivity contribution is 5.49. The maximum absolute atomic E-state index is 8.75. The van der Waals surface area contributed by atoms with Crippen LogP contribution in [0.4, 0.5) is 11.6 Å². The molecule has 5 nitrogen and oxygen atoms in total. The molecule has 0 aliphatic rings. The Bertz CT molecular complexity index is 326. The zero-order chi connectivity index (χ0) is 12.0. The largest absolute Gasteiger partial charge is 0.395 e. The lowest BCUT2D eigenvalue weighted by atomic mass is 10.4. The molecule has 0 saturated carbocycles. The third kappa shape index (κ3) is 3.34. The van der Waals surface area contributed by atoms with Gasteiger partial charge in [-0.2, -0.15) is 0 Å². The Kier molecular flexibility index (Phi) is 4.98. The fourth-order valence-electron chi connectivity index (χ4n) is 1.54. The number of aromatic nitrogens is 2. The van der Waals surface area contributed by atoms with Gasteiger partial charge in [0.05, 0.1) is 6.61 Å². The highest BCUT2D eigenvalue weighted by Crippen LogP contribution is 2.15. The number of nitrogens with one attached hydrogen (secondary N) is 1. The van der Waals surface area contributed by atoms with Gasteiger partial charge in [0.25, 0.3) is 0 Å². The van der Waals surface area contributed by atoms with Crippen molar-refractivity contribution in [3.63, 3.8) is 0 Å². The lowest BCUT2D eigenvalue weighted by Crippen LogP contribution is -2.23. The number of rotatable bonds is 6. The van der Waals surface area contributed by atoms with Crippen molar-refractivity contribution in [2.45, 2.75) is 20.8 Å². The summed E-state index contributed by atoms with van der Waals surface area (Å²) in [5.74, 6) is 2.44. The summed E-state index contributed by atoms with van der Waals surface area (Å²) in [6.45, 7) is 8.53. The second-order valence-corrected chi connectivity index (χ2v) is 3.48. The van der Waals surface area contributed by atoms with E-state index in [1.165, 1.54) is 0 Å². The van der Waals surface area contributed by atoms with Crippen LogP contribution in [0.15, 0.2) is 6.07 Å². The second kappa shape index (κ2) is 6.27. The topological polar surface area (TPSA) is 61.3 Å². The normalized spacial score (nSPS) is 10.2. The molecule has 0 saturated heterocycles. The number of aliphatic hydroxyl groups is 1. The minimum atomic E-state index is 0.101. The number of aliphatic hydroxyl groups excluding tert-OH is 1. The summed E-state index contributed by atoms with van der Waals surface area (Å²) in [5, 5.41) is 11.8. The van der Waals surface area contributed by atoms with Crippen molar-refractivity contribution < 1.29 is 5.11 Å². The van der Waals surface area contributed by atoms with Crippen LogP contribution in [-0.2, 0) is 0 Å². The van der Waals surface area contributed by atoms with Crippen LogP contribution in [0.1, 0.15) is 19.7 Å². The Hall–Kier alpha value is -1.36. The molecular formula is C11H20N4O. The summed E-state index contributed by atoms with van der Waals surface area (Å²) in [5.41, 5.74) is 0. The zero-order valence-electron chi connectivity index (χ0n) is 10.2. The van der Waals surface area contributed by atoms with Crippen LogP contribution in [0.2, 0.25) is 0 Å². The molecule has 0 bridgehead atoms. The van der Waals surface area contributed by atoms with Crippen LogP contribution < -0.4 is 10.2 Å². The van der Waals surface area contributed by atoms with Gasteiger partial charge >= 0.3 is 0 Å². The lowest BCUT2D eigenvalue weighted by molar-refractivity contribution is 0.311. The lowest BCUT2D eigenvalue weighted by Gasteiger charge is -2.20. The molecule has 0 unspecified atom stereocenters. The summed E-state index contributed by atoms with van der Waals surface area (Å²) in [6, 6.07) is 1.91. The molecule has 0 aliphatic heterocycles. The van der Waals surface area contributed by atoms with Crippen LogP contribution in [-0.4, -0.2) is 41.3 Å². The molecule has 0 atom stereocenters. The monoisotopic (exact) mass is 224 g/mol. The van der Waals surface area contributed by atoms with Crippen LogP contribution in [0.5, 0.6) is 0 Å². The molecular weight excluding hydrogens is 204 g/mol. The van der Waals surface area contributed by atoms with E-state index in [4.69, 9.17) is 5.11 Å². The molecule has 0 spiro atoms. The Labute approximate surface area is 96.5 Å². The molecule has 0 radical (unpaired) electrons. The van der Waals surface area contributed by atoms with Gasteiger partial charge in [-0.25, -0.2) is 9.97 Å². The first-order chi connectivity index (χ1) is 7.71. The molecule has 5 heteroatoms. The van der Waals surface area contributed by atoms with Crippen LogP contribution in [0.3, 0.4) is 0 Å². The fraction of sp³-hybridized carbons (Fsp3) is 0.636. The second-order valence-electron chi connectivity index (χ2n) is 3.48. The average molecular weight is 224 g/mol. The number of nitrogens with zero attached hydrogens (tertiary/aromatic N) is 3. The van der Waals surface area contributed by atoms with E-state index in [0.29, 0.717) is 6.54 Å².